The Kier molecular flexibility index (Phi) is 8.47. The van der Waals surface area contributed by atoms with Crippen LogP contribution in [0.15, 0.2) is 30.3 Å². The lowest BCUT2D eigenvalue weighted by molar-refractivity contribution is 0.102. The van der Waals surface area contributed by atoms with Crippen LogP contribution in [0.2, 0.25) is 5.02 Å². The van der Waals surface area contributed by atoms with Crippen LogP contribution in [0.3, 0.4) is 0 Å². The van der Waals surface area contributed by atoms with Gasteiger partial charge in [-0.2, -0.15) is 0 Å². The average Bonchev–Trinajstić information content (AvgIpc) is 2.77. The predicted molar refractivity (Wildman–Crippen MR) is 129 cm³/mol. The SMILES string of the molecule is CCOc1cc(C(=O)Nc2ccc(N3CCN(C)CC3)c(Cl)c2)cc(OCC)c1OCC. The summed E-state index contributed by atoms with van der Waals surface area (Å²) in [6.45, 7) is 10.8. The molecule has 32 heavy (non-hydrogen) atoms. The van der Waals surface area contributed by atoms with E-state index in [9.17, 15) is 4.79 Å². The number of amides is 1. The fourth-order valence-corrected chi connectivity index (χ4v) is 3.91. The smallest absolute Gasteiger partial charge is 0.255 e. The van der Waals surface area contributed by atoms with Crippen molar-refractivity contribution in [2.45, 2.75) is 20.8 Å². The molecule has 1 saturated heterocycles. The molecule has 2 aromatic rings. The number of ether oxygens (including phenoxy) is 3. The third kappa shape index (κ3) is 5.78. The third-order valence-corrected chi connectivity index (χ3v) is 5.52. The quantitative estimate of drug-likeness (QED) is 0.591. The molecule has 0 aliphatic carbocycles. The number of likely N-dealkylation sites (N-methyl/N-ethyl adjacent to an activating group) is 1. The molecule has 0 unspecified atom stereocenters. The number of piperazine rings is 1. The van der Waals surface area contributed by atoms with Gasteiger partial charge in [-0.05, 0) is 58.2 Å². The van der Waals surface area contributed by atoms with E-state index in [-0.39, 0.29) is 5.91 Å². The van der Waals surface area contributed by atoms with E-state index in [1.165, 1.54) is 0 Å². The first-order chi connectivity index (χ1) is 15.5. The van der Waals surface area contributed by atoms with Crippen LogP contribution in [0.5, 0.6) is 17.2 Å². The van der Waals surface area contributed by atoms with Crippen LogP contribution < -0.4 is 24.4 Å². The Morgan fingerprint density at radius 1 is 0.938 bits per heavy atom. The molecule has 7 nitrogen and oxygen atoms in total. The molecular formula is C24H32ClN3O4. The molecule has 0 aromatic heterocycles. The summed E-state index contributed by atoms with van der Waals surface area (Å²) in [4.78, 5) is 17.6. The van der Waals surface area contributed by atoms with E-state index < -0.39 is 0 Å². The van der Waals surface area contributed by atoms with Crippen LogP contribution in [0.4, 0.5) is 11.4 Å². The van der Waals surface area contributed by atoms with Gasteiger partial charge in [0.05, 0.1) is 30.5 Å². The van der Waals surface area contributed by atoms with Crippen LogP contribution in [0.25, 0.3) is 0 Å². The maximum absolute atomic E-state index is 13.0. The van der Waals surface area contributed by atoms with E-state index in [1.807, 2.05) is 32.9 Å². The number of rotatable bonds is 9. The van der Waals surface area contributed by atoms with Gasteiger partial charge < -0.3 is 29.3 Å². The normalized spacial score (nSPS) is 14.2. The molecule has 1 aliphatic heterocycles. The lowest BCUT2D eigenvalue weighted by atomic mass is 10.1. The second-order valence-corrected chi connectivity index (χ2v) is 7.92. The highest BCUT2D eigenvalue weighted by atomic mass is 35.5. The number of halogens is 1. The standard InChI is InChI=1S/C24H32ClN3O4/c1-5-30-21-14-17(15-22(31-6-2)23(21)32-7-3)24(29)26-18-8-9-20(19(25)16-18)28-12-10-27(4)11-13-28/h8-9,14-16H,5-7,10-13H2,1-4H3,(H,26,29). The Labute approximate surface area is 195 Å². The summed E-state index contributed by atoms with van der Waals surface area (Å²) in [5.41, 5.74) is 2.03. The third-order valence-electron chi connectivity index (χ3n) is 5.22. The van der Waals surface area contributed by atoms with E-state index in [0.29, 0.717) is 53.3 Å². The summed E-state index contributed by atoms with van der Waals surface area (Å²) < 4.78 is 17.1. The maximum atomic E-state index is 13.0. The topological polar surface area (TPSA) is 63.3 Å². The number of benzene rings is 2. The van der Waals surface area contributed by atoms with Gasteiger partial charge in [-0.3, -0.25) is 4.79 Å². The first-order valence-corrected chi connectivity index (χ1v) is 11.4. The zero-order valence-corrected chi connectivity index (χ0v) is 20.0. The van der Waals surface area contributed by atoms with E-state index >= 15 is 0 Å². The summed E-state index contributed by atoms with van der Waals surface area (Å²) in [5, 5.41) is 3.54. The highest BCUT2D eigenvalue weighted by molar-refractivity contribution is 6.33. The molecule has 0 spiro atoms. The van der Waals surface area contributed by atoms with Crippen molar-refractivity contribution in [3.05, 3.63) is 40.9 Å². The van der Waals surface area contributed by atoms with Crippen LogP contribution >= 0.6 is 11.6 Å². The fraction of sp³-hybridized carbons (Fsp3) is 0.458. The number of carbonyl (C=O) groups excluding carboxylic acids is 1. The molecule has 0 bridgehead atoms. The molecular weight excluding hydrogens is 430 g/mol. The highest BCUT2D eigenvalue weighted by Crippen LogP contribution is 2.39. The lowest BCUT2D eigenvalue weighted by Crippen LogP contribution is -2.44. The van der Waals surface area contributed by atoms with Crippen molar-refractivity contribution in [1.82, 2.24) is 4.90 Å². The van der Waals surface area contributed by atoms with Crippen molar-refractivity contribution in [2.24, 2.45) is 0 Å². The molecule has 1 amide bonds. The molecule has 1 N–H and O–H groups in total. The summed E-state index contributed by atoms with van der Waals surface area (Å²) in [6.07, 6.45) is 0. The van der Waals surface area contributed by atoms with Gasteiger partial charge in [0.15, 0.2) is 11.5 Å². The number of hydrogen-bond donors (Lipinski definition) is 1. The van der Waals surface area contributed by atoms with Crippen molar-refractivity contribution in [1.29, 1.82) is 0 Å². The minimum Gasteiger partial charge on any atom is -0.490 e. The summed E-state index contributed by atoms with van der Waals surface area (Å²) in [7, 11) is 2.12. The maximum Gasteiger partial charge on any atom is 0.255 e. The monoisotopic (exact) mass is 461 g/mol. The molecule has 0 saturated carbocycles. The van der Waals surface area contributed by atoms with Gasteiger partial charge in [-0.25, -0.2) is 0 Å². The molecule has 1 fully saturated rings. The van der Waals surface area contributed by atoms with Gasteiger partial charge >= 0.3 is 0 Å². The molecule has 1 heterocycles. The molecule has 2 aromatic carbocycles. The molecule has 3 rings (SSSR count). The van der Waals surface area contributed by atoms with Gasteiger partial charge in [-0.15, -0.1) is 0 Å². The van der Waals surface area contributed by atoms with E-state index in [0.717, 1.165) is 31.9 Å². The van der Waals surface area contributed by atoms with E-state index in [2.05, 4.69) is 22.2 Å². The summed E-state index contributed by atoms with van der Waals surface area (Å²) >= 11 is 6.55. The van der Waals surface area contributed by atoms with Crippen LogP contribution in [0, 0.1) is 0 Å². The second-order valence-electron chi connectivity index (χ2n) is 7.51. The van der Waals surface area contributed by atoms with Gasteiger partial charge in [0.2, 0.25) is 5.75 Å². The summed E-state index contributed by atoms with van der Waals surface area (Å²) in [5.74, 6) is 1.19. The zero-order chi connectivity index (χ0) is 23.1. The Bertz CT molecular complexity index is 902. The van der Waals surface area contributed by atoms with Crippen molar-refractivity contribution in [2.75, 3.05) is 63.3 Å². The minimum atomic E-state index is -0.279. The highest BCUT2D eigenvalue weighted by Gasteiger charge is 2.20. The minimum absolute atomic E-state index is 0.279. The number of hydrogen-bond acceptors (Lipinski definition) is 6. The molecule has 174 valence electrons. The van der Waals surface area contributed by atoms with Gasteiger partial charge in [0.25, 0.3) is 5.91 Å². The average molecular weight is 462 g/mol. The molecule has 0 atom stereocenters. The molecule has 8 heteroatoms. The first kappa shape index (κ1) is 24.0. The Balaban J connectivity index is 1.81. The fourth-order valence-electron chi connectivity index (χ4n) is 3.61. The predicted octanol–water partition coefficient (Wildman–Crippen LogP) is 4.54. The van der Waals surface area contributed by atoms with Crippen LogP contribution in [-0.4, -0.2) is 63.9 Å². The first-order valence-electron chi connectivity index (χ1n) is 11.1. The largest absolute Gasteiger partial charge is 0.490 e. The Morgan fingerprint density at radius 2 is 1.53 bits per heavy atom. The second kappa shape index (κ2) is 11.3. The number of carbonyl (C=O) groups is 1. The number of nitrogens with one attached hydrogen (secondary N) is 1. The van der Waals surface area contributed by atoms with Gasteiger partial charge in [-0.1, -0.05) is 11.6 Å². The van der Waals surface area contributed by atoms with Gasteiger partial charge in [0, 0.05) is 37.4 Å². The van der Waals surface area contributed by atoms with Crippen molar-refractivity contribution >= 4 is 28.9 Å². The molecule has 0 radical (unpaired) electrons. The van der Waals surface area contributed by atoms with Crippen LogP contribution in [0.1, 0.15) is 31.1 Å². The van der Waals surface area contributed by atoms with Crippen molar-refractivity contribution in [3.8, 4) is 17.2 Å². The zero-order valence-electron chi connectivity index (χ0n) is 19.2. The lowest BCUT2D eigenvalue weighted by Gasteiger charge is -2.34. The Hall–Kier alpha value is -2.64. The van der Waals surface area contributed by atoms with E-state index in [1.54, 1.807) is 18.2 Å². The van der Waals surface area contributed by atoms with Gasteiger partial charge in [0.1, 0.15) is 0 Å². The Morgan fingerprint density at radius 3 is 2.06 bits per heavy atom. The van der Waals surface area contributed by atoms with Crippen molar-refractivity contribution < 1.29 is 19.0 Å². The summed E-state index contributed by atoms with van der Waals surface area (Å²) in [6, 6.07) is 8.96. The molecule has 1 aliphatic rings. The number of anilines is 2. The number of nitrogens with zero attached hydrogens (tertiary/aromatic N) is 2. The van der Waals surface area contributed by atoms with Crippen LogP contribution in [-0.2, 0) is 0 Å². The van der Waals surface area contributed by atoms with Crippen molar-refractivity contribution in [3.63, 3.8) is 0 Å². The van der Waals surface area contributed by atoms with E-state index in [4.69, 9.17) is 25.8 Å².